The number of aliphatic imine (C=N–C) groups is 1. The predicted octanol–water partition coefficient (Wildman–Crippen LogP) is 3.57. The molecule has 0 aromatic heterocycles. The van der Waals surface area contributed by atoms with Gasteiger partial charge in [0.2, 0.25) is 11.6 Å². The molecule has 132 valence electrons. The molecule has 6 nitrogen and oxygen atoms in total. The van der Waals surface area contributed by atoms with Crippen LogP contribution in [0.15, 0.2) is 51.6 Å². The van der Waals surface area contributed by atoms with Crippen LogP contribution in [0.3, 0.4) is 0 Å². The molecule has 0 atom stereocenters. The lowest BCUT2D eigenvalue weighted by Gasteiger charge is -2.20. The summed E-state index contributed by atoms with van der Waals surface area (Å²) in [4.78, 5) is 16.5. The molecule has 2 aromatic carbocycles. The van der Waals surface area contributed by atoms with E-state index in [4.69, 9.17) is 18.9 Å². The highest BCUT2D eigenvalue weighted by Crippen LogP contribution is 2.41. The molecular weight excluding hydrogens is 402 g/mol. The highest BCUT2D eigenvalue weighted by Gasteiger charge is 2.26. The van der Waals surface area contributed by atoms with Crippen molar-refractivity contribution in [3.8, 4) is 17.2 Å². The van der Waals surface area contributed by atoms with Crippen LogP contribution in [0.25, 0.3) is 6.08 Å². The Bertz CT molecular complexity index is 934. The highest BCUT2D eigenvalue weighted by molar-refractivity contribution is 9.10. The Morgan fingerprint density at radius 1 is 1.19 bits per heavy atom. The van der Waals surface area contributed by atoms with Gasteiger partial charge in [-0.25, -0.2) is 9.79 Å². The Morgan fingerprint density at radius 2 is 2.00 bits per heavy atom. The molecular formula is C19H14BrNO5. The monoisotopic (exact) mass is 415 g/mol. The molecule has 7 heteroatoms. The van der Waals surface area contributed by atoms with Crippen molar-refractivity contribution in [2.75, 3.05) is 20.3 Å². The van der Waals surface area contributed by atoms with Gasteiger partial charge in [-0.05, 0) is 51.8 Å². The summed E-state index contributed by atoms with van der Waals surface area (Å²) in [6.45, 7) is 0.929. The SMILES string of the molecule is COc1cc(/C=C2\N=C(c3ccccc3Br)OC2=O)cc2c1OCCO2. The molecule has 0 bridgehead atoms. The normalized spacial score (nSPS) is 17.1. The topological polar surface area (TPSA) is 66.4 Å². The standard InChI is InChI=1S/C19H14BrNO5/c1-23-15-9-11(10-16-17(15)25-7-6-24-16)8-14-19(22)26-18(21-14)12-4-2-3-5-13(12)20/h2-5,8-10H,6-7H2,1H3/b14-8-. The molecule has 0 amide bonds. The molecule has 0 spiro atoms. The van der Waals surface area contributed by atoms with E-state index >= 15 is 0 Å². The predicted molar refractivity (Wildman–Crippen MR) is 98.7 cm³/mol. The molecule has 2 aliphatic heterocycles. The fourth-order valence-corrected chi connectivity index (χ4v) is 3.15. The Kier molecular flexibility index (Phi) is 4.38. The van der Waals surface area contributed by atoms with Gasteiger partial charge in [0, 0.05) is 4.47 Å². The van der Waals surface area contributed by atoms with Gasteiger partial charge in [0.15, 0.2) is 17.2 Å². The molecule has 4 rings (SSSR count). The van der Waals surface area contributed by atoms with Crippen LogP contribution < -0.4 is 14.2 Å². The van der Waals surface area contributed by atoms with Gasteiger partial charge < -0.3 is 18.9 Å². The summed E-state index contributed by atoms with van der Waals surface area (Å²) in [7, 11) is 1.55. The number of rotatable bonds is 3. The van der Waals surface area contributed by atoms with E-state index in [9.17, 15) is 4.79 Å². The molecule has 26 heavy (non-hydrogen) atoms. The molecule has 0 aliphatic carbocycles. The minimum Gasteiger partial charge on any atom is -0.493 e. The van der Waals surface area contributed by atoms with Crippen LogP contribution in [-0.2, 0) is 9.53 Å². The van der Waals surface area contributed by atoms with Crippen molar-refractivity contribution >= 4 is 33.9 Å². The first-order chi connectivity index (χ1) is 12.7. The average Bonchev–Trinajstić information content (AvgIpc) is 3.01. The molecule has 2 aromatic rings. The summed E-state index contributed by atoms with van der Waals surface area (Å²) in [5.41, 5.74) is 1.62. The largest absolute Gasteiger partial charge is 0.493 e. The fraction of sp³-hybridized carbons (Fsp3) is 0.158. The number of carbonyl (C=O) groups is 1. The van der Waals surface area contributed by atoms with Crippen LogP contribution >= 0.6 is 15.9 Å². The van der Waals surface area contributed by atoms with Crippen molar-refractivity contribution in [3.05, 3.63) is 57.7 Å². The molecule has 2 heterocycles. The molecule has 0 saturated heterocycles. The summed E-state index contributed by atoms with van der Waals surface area (Å²) in [6, 6.07) is 11.0. The van der Waals surface area contributed by atoms with Gasteiger partial charge in [-0.2, -0.15) is 0 Å². The molecule has 0 saturated carbocycles. The van der Waals surface area contributed by atoms with E-state index in [0.717, 1.165) is 4.47 Å². The number of halogens is 1. The van der Waals surface area contributed by atoms with Gasteiger partial charge in [-0.3, -0.25) is 0 Å². The number of esters is 1. The third kappa shape index (κ3) is 3.06. The van der Waals surface area contributed by atoms with Crippen LogP contribution in [0.4, 0.5) is 0 Å². The molecule has 0 unspecified atom stereocenters. The minimum absolute atomic E-state index is 0.203. The number of ether oxygens (including phenoxy) is 4. The zero-order valence-corrected chi connectivity index (χ0v) is 15.4. The van der Waals surface area contributed by atoms with E-state index in [1.54, 1.807) is 25.3 Å². The molecule has 0 fully saturated rings. The molecule has 0 radical (unpaired) electrons. The van der Waals surface area contributed by atoms with Gasteiger partial charge in [-0.15, -0.1) is 0 Å². The van der Waals surface area contributed by atoms with Crippen LogP contribution in [0.2, 0.25) is 0 Å². The van der Waals surface area contributed by atoms with E-state index in [-0.39, 0.29) is 11.6 Å². The Hall–Kier alpha value is -2.80. The van der Waals surface area contributed by atoms with Gasteiger partial charge >= 0.3 is 5.97 Å². The number of hydrogen-bond acceptors (Lipinski definition) is 6. The summed E-state index contributed by atoms with van der Waals surface area (Å²) >= 11 is 3.43. The van der Waals surface area contributed by atoms with Crippen LogP contribution in [0.5, 0.6) is 17.2 Å². The lowest BCUT2D eigenvalue weighted by atomic mass is 10.1. The van der Waals surface area contributed by atoms with Crippen LogP contribution in [0, 0.1) is 0 Å². The second-order valence-corrected chi connectivity index (χ2v) is 6.42. The van der Waals surface area contributed by atoms with Crippen molar-refractivity contribution in [1.82, 2.24) is 0 Å². The van der Waals surface area contributed by atoms with Crippen molar-refractivity contribution in [3.63, 3.8) is 0 Å². The Balaban J connectivity index is 1.72. The minimum atomic E-state index is -0.510. The summed E-state index contributed by atoms with van der Waals surface area (Å²) < 4.78 is 22.7. The lowest BCUT2D eigenvalue weighted by molar-refractivity contribution is -0.129. The fourth-order valence-electron chi connectivity index (χ4n) is 2.69. The van der Waals surface area contributed by atoms with E-state index in [0.29, 0.717) is 41.6 Å². The second-order valence-electron chi connectivity index (χ2n) is 5.56. The summed E-state index contributed by atoms with van der Waals surface area (Å²) in [5, 5.41) is 0. The van der Waals surface area contributed by atoms with E-state index in [2.05, 4.69) is 20.9 Å². The van der Waals surface area contributed by atoms with E-state index in [1.807, 2.05) is 24.3 Å². The maximum atomic E-state index is 12.2. The number of fused-ring (bicyclic) bond motifs is 1. The van der Waals surface area contributed by atoms with Gasteiger partial charge in [0.05, 0.1) is 12.7 Å². The first kappa shape index (κ1) is 16.7. The molecule has 2 aliphatic rings. The number of hydrogen-bond donors (Lipinski definition) is 0. The van der Waals surface area contributed by atoms with E-state index in [1.165, 1.54) is 0 Å². The number of cyclic esters (lactones) is 1. The van der Waals surface area contributed by atoms with Gasteiger partial charge in [0.1, 0.15) is 13.2 Å². The molecule has 0 N–H and O–H groups in total. The van der Waals surface area contributed by atoms with Crippen molar-refractivity contribution in [2.45, 2.75) is 0 Å². The van der Waals surface area contributed by atoms with Crippen LogP contribution in [-0.4, -0.2) is 32.2 Å². The zero-order chi connectivity index (χ0) is 18.1. The first-order valence-corrected chi connectivity index (χ1v) is 8.70. The third-order valence-corrected chi connectivity index (χ3v) is 4.57. The third-order valence-electron chi connectivity index (χ3n) is 3.88. The number of benzene rings is 2. The maximum absolute atomic E-state index is 12.2. The van der Waals surface area contributed by atoms with Gasteiger partial charge in [-0.1, -0.05) is 12.1 Å². The maximum Gasteiger partial charge on any atom is 0.363 e. The first-order valence-electron chi connectivity index (χ1n) is 7.91. The quantitative estimate of drug-likeness (QED) is 0.566. The number of methoxy groups -OCH3 is 1. The lowest BCUT2D eigenvalue weighted by Crippen LogP contribution is -2.16. The summed E-state index contributed by atoms with van der Waals surface area (Å²) in [6.07, 6.45) is 1.63. The number of nitrogens with zero attached hydrogens (tertiary/aromatic N) is 1. The van der Waals surface area contributed by atoms with Crippen LogP contribution in [0.1, 0.15) is 11.1 Å². The highest BCUT2D eigenvalue weighted by atomic mass is 79.9. The smallest absolute Gasteiger partial charge is 0.363 e. The van der Waals surface area contributed by atoms with Crippen molar-refractivity contribution in [1.29, 1.82) is 0 Å². The Morgan fingerprint density at radius 3 is 2.81 bits per heavy atom. The Labute approximate surface area is 158 Å². The van der Waals surface area contributed by atoms with Crippen molar-refractivity contribution < 1.29 is 23.7 Å². The van der Waals surface area contributed by atoms with Gasteiger partial charge in [0.25, 0.3) is 0 Å². The van der Waals surface area contributed by atoms with E-state index < -0.39 is 5.97 Å². The summed E-state index contributed by atoms with van der Waals surface area (Å²) in [5.74, 6) is 1.43. The van der Waals surface area contributed by atoms with Crippen molar-refractivity contribution in [2.24, 2.45) is 4.99 Å². The zero-order valence-electron chi connectivity index (χ0n) is 13.8. The average molecular weight is 416 g/mol. The number of carbonyl (C=O) groups excluding carboxylic acids is 1. The second kappa shape index (κ2) is 6.84.